The van der Waals surface area contributed by atoms with Crippen LogP contribution in [0.5, 0.6) is 0 Å². The summed E-state index contributed by atoms with van der Waals surface area (Å²) in [5.74, 6) is 0. The van der Waals surface area contributed by atoms with Gasteiger partial charge < -0.3 is 9.13 Å². The minimum atomic E-state index is 0.991. The summed E-state index contributed by atoms with van der Waals surface area (Å²) in [5.41, 5.74) is 12.9. The van der Waals surface area contributed by atoms with Gasteiger partial charge in [0.1, 0.15) is 0 Å². The number of aromatic nitrogens is 2. The van der Waals surface area contributed by atoms with Gasteiger partial charge in [-0.25, -0.2) is 0 Å². The molecule has 6 aromatic carbocycles. The normalized spacial score (nSPS) is 12.5. The van der Waals surface area contributed by atoms with Gasteiger partial charge in [-0.05, 0) is 65.6 Å². The Morgan fingerprint density at radius 2 is 1.00 bits per heavy atom. The molecule has 0 atom stereocenters. The Hall–Kier alpha value is -5.08. The third-order valence-corrected chi connectivity index (χ3v) is 8.52. The zero-order valence-electron chi connectivity index (χ0n) is 21.3. The predicted octanol–water partition coefficient (Wildman–Crippen LogP) is 9.45. The van der Waals surface area contributed by atoms with Gasteiger partial charge in [0.2, 0.25) is 0 Å². The lowest BCUT2D eigenvalue weighted by Gasteiger charge is -2.14. The maximum Gasteiger partial charge on any atom is 0.0549 e. The van der Waals surface area contributed by atoms with Crippen molar-refractivity contribution in [3.05, 3.63) is 145 Å². The van der Waals surface area contributed by atoms with Gasteiger partial charge in [0.15, 0.2) is 0 Å². The Bertz CT molecular complexity index is 2250. The molecule has 0 N–H and O–H groups in total. The van der Waals surface area contributed by atoms with Gasteiger partial charge in [0.05, 0.1) is 27.8 Å². The van der Waals surface area contributed by atoms with Gasteiger partial charge in [-0.2, -0.15) is 0 Å². The van der Waals surface area contributed by atoms with Crippen LogP contribution in [-0.2, 0) is 6.42 Å². The largest absolute Gasteiger partial charge is 0.309 e. The van der Waals surface area contributed by atoms with E-state index in [-0.39, 0.29) is 0 Å². The average Bonchev–Trinajstić information content (AvgIpc) is 3.65. The number of nitrogens with zero attached hydrogens (tertiary/aromatic N) is 2. The standard InChI is InChI=1S/C37H24N2/c1-2-13-26(14-3-1)38-30-18-8-6-16-28(30)36-33(38)21-22-34-37(36)29-17-7-9-19-31(29)39(34)32-20-10-12-25-23-24-11-4-5-15-27(24)35(25)32/h1-22H,23H2. The first kappa shape index (κ1) is 20.9. The fourth-order valence-corrected chi connectivity index (χ4v) is 6.99. The summed E-state index contributed by atoms with van der Waals surface area (Å²) in [6, 6.07) is 48.8. The van der Waals surface area contributed by atoms with Gasteiger partial charge in [0, 0.05) is 32.8 Å². The first-order valence-electron chi connectivity index (χ1n) is 13.6. The maximum atomic E-state index is 2.50. The molecule has 2 heterocycles. The van der Waals surface area contributed by atoms with E-state index in [4.69, 9.17) is 0 Å². The Morgan fingerprint density at radius 1 is 0.410 bits per heavy atom. The summed E-state index contributed by atoms with van der Waals surface area (Å²) in [7, 11) is 0. The van der Waals surface area contributed by atoms with Crippen LogP contribution in [0.2, 0.25) is 0 Å². The van der Waals surface area contributed by atoms with Gasteiger partial charge in [-0.15, -0.1) is 0 Å². The molecule has 0 fully saturated rings. The molecule has 0 amide bonds. The van der Waals surface area contributed by atoms with Crippen LogP contribution < -0.4 is 0 Å². The second kappa shape index (κ2) is 7.72. The zero-order chi connectivity index (χ0) is 25.5. The number of hydrogen-bond acceptors (Lipinski definition) is 0. The predicted molar refractivity (Wildman–Crippen MR) is 163 cm³/mol. The smallest absolute Gasteiger partial charge is 0.0549 e. The number of hydrogen-bond donors (Lipinski definition) is 0. The number of para-hydroxylation sites is 3. The second-order valence-electron chi connectivity index (χ2n) is 10.5. The van der Waals surface area contributed by atoms with E-state index in [1.807, 2.05) is 0 Å². The van der Waals surface area contributed by atoms with Crippen LogP contribution in [0.25, 0.3) is 66.1 Å². The Morgan fingerprint density at radius 3 is 1.77 bits per heavy atom. The molecule has 0 spiro atoms. The number of rotatable bonds is 2. The molecule has 0 bridgehead atoms. The summed E-state index contributed by atoms with van der Waals surface area (Å²) in [6.45, 7) is 0. The van der Waals surface area contributed by atoms with Crippen LogP contribution in [0.3, 0.4) is 0 Å². The summed E-state index contributed by atoms with van der Waals surface area (Å²) in [6.07, 6.45) is 0.991. The van der Waals surface area contributed by atoms with Crippen molar-refractivity contribution in [2.24, 2.45) is 0 Å². The average molecular weight is 497 g/mol. The van der Waals surface area contributed by atoms with Crippen LogP contribution in [-0.4, -0.2) is 9.13 Å². The molecule has 2 nitrogen and oxygen atoms in total. The maximum absolute atomic E-state index is 2.50. The molecule has 2 aromatic heterocycles. The fraction of sp³-hybridized carbons (Fsp3) is 0.0270. The van der Waals surface area contributed by atoms with Crippen molar-refractivity contribution >= 4 is 43.6 Å². The van der Waals surface area contributed by atoms with Crippen molar-refractivity contribution < 1.29 is 0 Å². The van der Waals surface area contributed by atoms with E-state index in [2.05, 4.69) is 143 Å². The minimum absolute atomic E-state index is 0.991. The molecule has 9 rings (SSSR count). The van der Waals surface area contributed by atoms with Crippen molar-refractivity contribution in [2.45, 2.75) is 6.42 Å². The van der Waals surface area contributed by atoms with Crippen LogP contribution >= 0.6 is 0 Å². The SMILES string of the molecule is c1ccc(-n2c3ccccc3c3c4c5ccccc5n(-c5cccc6c5-c5ccccc5C6)c4ccc32)cc1. The first-order chi connectivity index (χ1) is 19.4. The lowest BCUT2D eigenvalue weighted by molar-refractivity contribution is 1.17. The second-order valence-corrected chi connectivity index (χ2v) is 10.5. The Kier molecular flexibility index (Phi) is 4.14. The topological polar surface area (TPSA) is 9.86 Å². The molecule has 0 saturated carbocycles. The Balaban J connectivity index is 1.47. The minimum Gasteiger partial charge on any atom is -0.309 e. The van der Waals surface area contributed by atoms with E-state index in [9.17, 15) is 0 Å². The molecular weight excluding hydrogens is 472 g/mol. The van der Waals surface area contributed by atoms with Crippen molar-refractivity contribution in [3.63, 3.8) is 0 Å². The molecule has 1 aliphatic carbocycles. The summed E-state index contributed by atoms with van der Waals surface area (Å²) in [4.78, 5) is 0. The quantitative estimate of drug-likeness (QED) is 0.226. The summed E-state index contributed by atoms with van der Waals surface area (Å²) in [5, 5.41) is 5.21. The van der Waals surface area contributed by atoms with E-state index in [0.29, 0.717) is 0 Å². The van der Waals surface area contributed by atoms with E-state index in [0.717, 1.165) is 6.42 Å². The van der Waals surface area contributed by atoms with E-state index in [1.165, 1.54) is 77.2 Å². The van der Waals surface area contributed by atoms with Gasteiger partial charge in [-0.1, -0.05) is 91.0 Å². The highest BCUT2D eigenvalue weighted by Gasteiger charge is 2.25. The van der Waals surface area contributed by atoms with Gasteiger partial charge in [-0.3, -0.25) is 0 Å². The fourth-order valence-electron chi connectivity index (χ4n) is 6.99. The molecule has 39 heavy (non-hydrogen) atoms. The molecule has 0 unspecified atom stereocenters. The molecule has 2 heteroatoms. The van der Waals surface area contributed by atoms with E-state index >= 15 is 0 Å². The first-order valence-corrected chi connectivity index (χ1v) is 13.6. The third-order valence-electron chi connectivity index (χ3n) is 8.52. The van der Waals surface area contributed by atoms with Crippen LogP contribution in [0.15, 0.2) is 133 Å². The van der Waals surface area contributed by atoms with Crippen molar-refractivity contribution in [3.8, 4) is 22.5 Å². The summed E-state index contributed by atoms with van der Waals surface area (Å²) < 4.78 is 4.91. The molecule has 8 aromatic rings. The molecule has 182 valence electrons. The van der Waals surface area contributed by atoms with Crippen molar-refractivity contribution in [1.82, 2.24) is 9.13 Å². The van der Waals surface area contributed by atoms with Crippen molar-refractivity contribution in [1.29, 1.82) is 0 Å². The van der Waals surface area contributed by atoms with E-state index in [1.54, 1.807) is 0 Å². The molecular formula is C37H24N2. The molecule has 0 aliphatic heterocycles. The lowest BCUT2D eigenvalue weighted by Crippen LogP contribution is -1.97. The molecule has 0 radical (unpaired) electrons. The zero-order valence-corrected chi connectivity index (χ0v) is 21.3. The van der Waals surface area contributed by atoms with Crippen LogP contribution in [0.1, 0.15) is 11.1 Å². The van der Waals surface area contributed by atoms with Gasteiger partial charge >= 0.3 is 0 Å². The van der Waals surface area contributed by atoms with Crippen molar-refractivity contribution in [2.75, 3.05) is 0 Å². The lowest BCUT2D eigenvalue weighted by atomic mass is 10.0. The summed E-state index contributed by atoms with van der Waals surface area (Å²) >= 11 is 0. The molecule has 0 saturated heterocycles. The highest BCUT2D eigenvalue weighted by atomic mass is 15.0. The van der Waals surface area contributed by atoms with Crippen LogP contribution in [0, 0.1) is 0 Å². The highest BCUT2D eigenvalue weighted by molar-refractivity contribution is 6.29. The number of benzene rings is 6. The molecule has 1 aliphatic rings. The van der Waals surface area contributed by atoms with E-state index < -0.39 is 0 Å². The number of fused-ring (bicyclic) bond motifs is 10. The third kappa shape index (κ3) is 2.75. The highest BCUT2D eigenvalue weighted by Crippen LogP contribution is 2.46. The van der Waals surface area contributed by atoms with Gasteiger partial charge in [0.25, 0.3) is 0 Å². The monoisotopic (exact) mass is 496 g/mol. The Labute approximate surface area is 226 Å². The van der Waals surface area contributed by atoms with Crippen LogP contribution in [0.4, 0.5) is 0 Å².